The number of phenolic OH excluding ortho intramolecular Hbond substituents is 1. The van der Waals surface area contributed by atoms with Crippen molar-refractivity contribution in [2.24, 2.45) is 5.73 Å². The fourth-order valence-corrected chi connectivity index (χ4v) is 3.29. The number of hydrogen-bond acceptors (Lipinski definition) is 4. The van der Waals surface area contributed by atoms with Gasteiger partial charge >= 0.3 is 0 Å². The van der Waals surface area contributed by atoms with Crippen LogP contribution in [0.4, 0.5) is 0 Å². The Bertz CT molecular complexity index is 970. The number of nitrogens with two attached hydrogens (primary N) is 1. The van der Waals surface area contributed by atoms with Crippen LogP contribution in [0.2, 0.25) is 0 Å². The maximum absolute atomic E-state index is 12.9. The number of phenols is 1. The Morgan fingerprint density at radius 2 is 1.72 bits per heavy atom. The fourth-order valence-electron chi connectivity index (χ4n) is 3.29. The Hall–Kier alpha value is -2.59. The van der Waals surface area contributed by atoms with Crippen molar-refractivity contribution in [3.05, 3.63) is 63.8 Å². The summed E-state index contributed by atoms with van der Waals surface area (Å²) in [4.78, 5) is 12.9. The van der Waals surface area contributed by atoms with Gasteiger partial charge in [-0.25, -0.2) is 0 Å². The molecule has 0 amide bonds. The van der Waals surface area contributed by atoms with Gasteiger partial charge < -0.3 is 15.3 Å². The molecular weight excluding hydrogens is 314 g/mol. The van der Waals surface area contributed by atoms with Gasteiger partial charge in [-0.15, -0.1) is 0 Å². The van der Waals surface area contributed by atoms with Gasteiger partial charge in [0.05, 0.1) is 10.9 Å². The van der Waals surface area contributed by atoms with Crippen LogP contribution in [0.15, 0.2) is 51.7 Å². The van der Waals surface area contributed by atoms with E-state index in [0.29, 0.717) is 40.7 Å². The third-order valence-electron chi connectivity index (χ3n) is 5.06. The van der Waals surface area contributed by atoms with E-state index in [1.165, 1.54) is 6.07 Å². The lowest BCUT2D eigenvalue weighted by molar-refractivity contribution is 0.378. The molecule has 0 bridgehead atoms. The highest BCUT2D eigenvalue weighted by molar-refractivity contribution is 5.86. The molecule has 130 valence electrons. The van der Waals surface area contributed by atoms with Crippen LogP contribution < -0.4 is 11.2 Å². The lowest BCUT2D eigenvalue weighted by Crippen LogP contribution is -2.35. The molecule has 0 radical (unpaired) electrons. The number of benzene rings is 2. The molecule has 0 spiro atoms. The molecule has 0 saturated heterocycles. The second-order valence-corrected chi connectivity index (χ2v) is 6.45. The van der Waals surface area contributed by atoms with Crippen molar-refractivity contribution in [1.82, 2.24) is 0 Å². The molecule has 0 aliphatic rings. The van der Waals surface area contributed by atoms with Crippen LogP contribution in [-0.2, 0) is 5.54 Å². The summed E-state index contributed by atoms with van der Waals surface area (Å²) >= 11 is 0. The molecule has 2 aromatic carbocycles. The first-order chi connectivity index (χ1) is 11.9. The number of fused-ring (bicyclic) bond motifs is 1. The van der Waals surface area contributed by atoms with Crippen molar-refractivity contribution in [2.45, 2.75) is 39.2 Å². The molecule has 0 fully saturated rings. The molecule has 0 aliphatic carbocycles. The van der Waals surface area contributed by atoms with Crippen LogP contribution in [0.5, 0.6) is 5.75 Å². The van der Waals surface area contributed by atoms with Crippen LogP contribution in [0.3, 0.4) is 0 Å². The Morgan fingerprint density at radius 3 is 2.32 bits per heavy atom. The summed E-state index contributed by atoms with van der Waals surface area (Å²) in [5, 5.41) is 10.9. The topological polar surface area (TPSA) is 76.5 Å². The SMILES string of the molecule is CCC(N)(CC)c1c(O)ccc2c(=O)c(C)c(-c3ccccc3)oc12. The summed E-state index contributed by atoms with van der Waals surface area (Å²) < 4.78 is 6.18. The Kier molecular flexibility index (Phi) is 4.39. The first kappa shape index (κ1) is 17.2. The Morgan fingerprint density at radius 1 is 1.08 bits per heavy atom. The maximum Gasteiger partial charge on any atom is 0.196 e. The van der Waals surface area contributed by atoms with E-state index in [0.717, 1.165) is 5.56 Å². The zero-order chi connectivity index (χ0) is 18.2. The van der Waals surface area contributed by atoms with Gasteiger partial charge in [0.2, 0.25) is 0 Å². The second-order valence-electron chi connectivity index (χ2n) is 6.45. The van der Waals surface area contributed by atoms with E-state index in [2.05, 4.69) is 0 Å². The average Bonchev–Trinajstić information content (AvgIpc) is 2.64. The van der Waals surface area contributed by atoms with Gasteiger partial charge in [0.15, 0.2) is 5.43 Å². The van der Waals surface area contributed by atoms with Gasteiger partial charge in [-0.05, 0) is 31.9 Å². The zero-order valence-corrected chi connectivity index (χ0v) is 14.8. The standard InChI is InChI=1S/C21H23NO3/c1-4-21(22,5-2)17-16(23)12-11-15-18(24)13(3)19(25-20(15)17)14-9-7-6-8-10-14/h6-12,23H,4-5,22H2,1-3H3. The largest absolute Gasteiger partial charge is 0.507 e. The molecule has 3 N–H and O–H groups in total. The minimum atomic E-state index is -0.761. The van der Waals surface area contributed by atoms with Gasteiger partial charge in [0.1, 0.15) is 17.1 Å². The number of aromatic hydroxyl groups is 1. The van der Waals surface area contributed by atoms with Gasteiger partial charge in [0, 0.05) is 16.7 Å². The summed E-state index contributed by atoms with van der Waals surface area (Å²) in [5.41, 5.74) is 7.93. The van der Waals surface area contributed by atoms with Gasteiger partial charge in [-0.3, -0.25) is 4.79 Å². The molecule has 0 aliphatic heterocycles. The third-order valence-corrected chi connectivity index (χ3v) is 5.06. The summed E-state index contributed by atoms with van der Waals surface area (Å²) in [6, 6.07) is 12.6. The fraction of sp³-hybridized carbons (Fsp3) is 0.286. The lowest BCUT2D eigenvalue weighted by Gasteiger charge is -2.28. The van der Waals surface area contributed by atoms with Crippen molar-refractivity contribution in [1.29, 1.82) is 0 Å². The lowest BCUT2D eigenvalue weighted by atomic mass is 9.84. The van der Waals surface area contributed by atoms with E-state index < -0.39 is 5.54 Å². The summed E-state index contributed by atoms with van der Waals surface area (Å²) in [6.45, 7) is 5.69. The number of hydrogen-bond donors (Lipinski definition) is 2. The molecule has 0 atom stereocenters. The summed E-state index contributed by atoms with van der Waals surface area (Å²) in [6.07, 6.45) is 1.24. The third kappa shape index (κ3) is 2.72. The first-order valence-corrected chi connectivity index (χ1v) is 8.57. The van der Waals surface area contributed by atoms with Crippen molar-refractivity contribution in [2.75, 3.05) is 0 Å². The smallest absolute Gasteiger partial charge is 0.196 e. The van der Waals surface area contributed by atoms with Crippen molar-refractivity contribution in [3.63, 3.8) is 0 Å². The van der Waals surface area contributed by atoms with E-state index in [4.69, 9.17) is 10.2 Å². The van der Waals surface area contributed by atoms with Crippen molar-refractivity contribution < 1.29 is 9.52 Å². The molecule has 0 unspecified atom stereocenters. The van der Waals surface area contributed by atoms with Crippen LogP contribution in [-0.4, -0.2) is 5.11 Å². The Labute approximate surface area is 146 Å². The monoisotopic (exact) mass is 337 g/mol. The minimum Gasteiger partial charge on any atom is -0.507 e. The molecule has 25 heavy (non-hydrogen) atoms. The summed E-state index contributed by atoms with van der Waals surface area (Å²) in [7, 11) is 0. The highest BCUT2D eigenvalue weighted by atomic mass is 16.3. The van der Waals surface area contributed by atoms with E-state index in [9.17, 15) is 9.90 Å². The van der Waals surface area contributed by atoms with Gasteiger partial charge in [-0.1, -0.05) is 44.2 Å². The van der Waals surface area contributed by atoms with Gasteiger partial charge in [-0.2, -0.15) is 0 Å². The molecule has 1 aromatic heterocycles. The molecule has 4 heteroatoms. The molecule has 3 aromatic rings. The first-order valence-electron chi connectivity index (χ1n) is 8.57. The molecule has 4 nitrogen and oxygen atoms in total. The average molecular weight is 337 g/mol. The predicted octanol–water partition coefficient (Wildman–Crippen LogP) is 4.45. The number of rotatable bonds is 4. The van der Waals surface area contributed by atoms with Crippen LogP contribution in [0.25, 0.3) is 22.3 Å². The summed E-state index contributed by atoms with van der Waals surface area (Å²) in [5.74, 6) is 0.573. The van der Waals surface area contributed by atoms with E-state index in [1.54, 1.807) is 13.0 Å². The van der Waals surface area contributed by atoms with Crippen LogP contribution >= 0.6 is 0 Å². The minimum absolute atomic E-state index is 0.0599. The highest BCUT2D eigenvalue weighted by Gasteiger charge is 2.31. The highest BCUT2D eigenvalue weighted by Crippen LogP contribution is 2.39. The van der Waals surface area contributed by atoms with E-state index in [1.807, 2.05) is 44.2 Å². The van der Waals surface area contributed by atoms with Crippen LogP contribution in [0, 0.1) is 6.92 Å². The molecular formula is C21H23NO3. The maximum atomic E-state index is 12.9. The van der Waals surface area contributed by atoms with Crippen molar-refractivity contribution >= 4 is 11.0 Å². The van der Waals surface area contributed by atoms with E-state index >= 15 is 0 Å². The normalized spacial score (nSPS) is 11.8. The quantitative estimate of drug-likeness (QED) is 0.737. The molecule has 0 saturated carbocycles. The predicted molar refractivity (Wildman–Crippen MR) is 101 cm³/mol. The van der Waals surface area contributed by atoms with Gasteiger partial charge in [0.25, 0.3) is 0 Å². The van der Waals surface area contributed by atoms with Crippen molar-refractivity contribution in [3.8, 4) is 17.1 Å². The molecule has 1 heterocycles. The molecule has 3 rings (SSSR count). The van der Waals surface area contributed by atoms with E-state index in [-0.39, 0.29) is 11.2 Å². The second kappa shape index (κ2) is 6.37. The van der Waals surface area contributed by atoms with Crippen LogP contribution in [0.1, 0.15) is 37.8 Å². The zero-order valence-electron chi connectivity index (χ0n) is 14.8. The Balaban J connectivity index is 2.45.